The second kappa shape index (κ2) is 6.54. The highest BCUT2D eigenvalue weighted by molar-refractivity contribution is 7.99. The molecule has 0 aliphatic carbocycles. The fourth-order valence-electron chi connectivity index (χ4n) is 2.36. The summed E-state index contributed by atoms with van der Waals surface area (Å²) in [6, 6.07) is 13.6. The molecule has 0 amide bonds. The molecular formula is C18H17FN2OS. The van der Waals surface area contributed by atoms with E-state index in [0.717, 1.165) is 5.56 Å². The van der Waals surface area contributed by atoms with Gasteiger partial charge in [0, 0.05) is 5.25 Å². The van der Waals surface area contributed by atoms with Crippen molar-refractivity contribution in [3.63, 3.8) is 0 Å². The van der Waals surface area contributed by atoms with E-state index < -0.39 is 0 Å². The summed E-state index contributed by atoms with van der Waals surface area (Å²) in [4.78, 5) is 17.5. The number of rotatable bonds is 4. The smallest absolute Gasteiger partial charge is 0.262 e. The third-order valence-electron chi connectivity index (χ3n) is 3.42. The van der Waals surface area contributed by atoms with E-state index in [2.05, 4.69) is 18.8 Å². The van der Waals surface area contributed by atoms with Crippen LogP contribution in [0.5, 0.6) is 0 Å². The van der Waals surface area contributed by atoms with E-state index in [1.165, 1.54) is 12.1 Å². The van der Waals surface area contributed by atoms with E-state index in [-0.39, 0.29) is 11.4 Å². The molecule has 3 nitrogen and oxygen atoms in total. The van der Waals surface area contributed by atoms with E-state index in [1.807, 2.05) is 18.2 Å². The largest absolute Gasteiger partial charge is 0.283 e. The minimum atomic E-state index is -0.283. The van der Waals surface area contributed by atoms with Crippen LogP contribution in [-0.2, 0) is 6.54 Å². The number of hydrogen-bond donors (Lipinski definition) is 0. The van der Waals surface area contributed by atoms with E-state index in [9.17, 15) is 9.18 Å². The molecule has 1 aromatic heterocycles. The van der Waals surface area contributed by atoms with Crippen LogP contribution in [0.25, 0.3) is 10.9 Å². The molecule has 3 aromatic rings. The SMILES string of the molecule is CC(C)Sc1nc2ccccc2c(=O)n1Cc1ccc(F)cc1. The molecule has 0 N–H and O–H groups in total. The van der Waals surface area contributed by atoms with Crippen molar-refractivity contribution in [1.29, 1.82) is 0 Å². The number of benzene rings is 2. The summed E-state index contributed by atoms with van der Waals surface area (Å²) >= 11 is 1.55. The van der Waals surface area contributed by atoms with Crippen molar-refractivity contribution >= 4 is 22.7 Å². The predicted molar refractivity (Wildman–Crippen MR) is 92.5 cm³/mol. The third-order valence-corrected chi connectivity index (χ3v) is 4.42. The van der Waals surface area contributed by atoms with Gasteiger partial charge in [-0.1, -0.05) is 49.9 Å². The van der Waals surface area contributed by atoms with Crippen molar-refractivity contribution in [3.05, 3.63) is 70.3 Å². The van der Waals surface area contributed by atoms with Gasteiger partial charge in [-0.25, -0.2) is 9.37 Å². The zero-order valence-electron chi connectivity index (χ0n) is 13.0. The Morgan fingerprint density at radius 2 is 1.83 bits per heavy atom. The van der Waals surface area contributed by atoms with E-state index in [1.54, 1.807) is 34.5 Å². The van der Waals surface area contributed by atoms with Crippen molar-refractivity contribution in [3.8, 4) is 0 Å². The Balaban J connectivity index is 2.13. The third kappa shape index (κ3) is 3.45. The lowest BCUT2D eigenvalue weighted by Gasteiger charge is -2.14. The van der Waals surface area contributed by atoms with Gasteiger partial charge >= 0.3 is 0 Å². The first kappa shape index (κ1) is 15.7. The summed E-state index contributed by atoms with van der Waals surface area (Å²) < 4.78 is 14.7. The minimum Gasteiger partial charge on any atom is -0.283 e. The van der Waals surface area contributed by atoms with Crippen molar-refractivity contribution in [2.45, 2.75) is 30.8 Å². The lowest BCUT2D eigenvalue weighted by Crippen LogP contribution is -2.24. The van der Waals surface area contributed by atoms with Gasteiger partial charge in [-0.05, 0) is 29.8 Å². The molecule has 0 saturated heterocycles. The van der Waals surface area contributed by atoms with Gasteiger partial charge in [0.15, 0.2) is 5.16 Å². The number of halogens is 1. The van der Waals surface area contributed by atoms with Gasteiger partial charge in [0.2, 0.25) is 0 Å². The quantitative estimate of drug-likeness (QED) is 0.534. The Morgan fingerprint density at radius 1 is 1.13 bits per heavy atom. The molecule has 2 aromatic carbocycles. The van der Waals surface area contributed by atoms with Crippen molar-refractivity contribution in [1.82, 2.24) is 9.55 Å². The maximum Gasteiger partial charge on any atom is 0.262 e. The summed E-state index contributed by atoms with van der Waals surface area (Å²) in [7, 11) is 0. The second-order valence-electron chi connectivity index (χ2n) is 5.60. The van der Waals surface area contributed by atoms with Crippen molar-refractivity contribution in [2.75, 3.05) is 0 Å². The molecule has 0 unspecified atom stereocenters. The lowest BCUT2D eigenvalue weighted by molar-refractivity contribution is 0.622. The minimum absolute atomic E-state index is 0.0666. The van der Waals surface area contributed by atoms with Crippen LogP contribution in [0.4, 0.5) is 4.39 Å². The van der Waals surface area contributed by atoms with Gasteiger partial charge in [0.1, 0.15) is 5.82 Å². The molecule has 0 fully saturated rings. The van der Waals surface area contributed by atoms with Gasteiger partial charge in [0.05, 0.1) is 17.4 Å². The summed E-state index contributed by atoms with van der Waals surface area (Å²) in [5.74, 6) is -0.283. The first-order valence-corrected chi connectivity index (χ1v) is 8.33. The topological polar surface area (TPSA) is 34.9 Å². The highest BCUT2D eigenvalue weighted by atomic mass is 32.2. The molecule has 0 spiro atoms. The molecule has 1 heterocycles. The van der Waals surface area contributed by atoms with Crippen LogP contribution in [0.1, 0.15) is 19.4 Å². The molecule has 5 heteroatoms. The maximum absolute atomic E-state index is 13.1. The van der Waals surface area contributed by atoms with Crippen LogP contribution in [0.2, 0.25) is 0 Å². The standard InChI is InChI=1S/C18H17FN2OS/c1-12(2)23-18-20-16-6-4-3-5-15(16)17(22)21(18)11-13-7-9-14(19)10-8-13/h3-10,12H,11H2,1-2H3. The number of nitrogens with zero attached hydrogens (tertiary/aromatic N) is 2. The summed E-state index contributed by atoms with van der Waals surface area (Å²) in [6.07, 6.45) is 0. The van der Waals surface area contributed by atoms with Gasteiger partial charge in [0.25, 0.3) is 5.56 Å². The number of para-hydroxylation sites is 1. The molecule has 23 heavy (non-hydrogen) atoms. The van der Waals surface area contributed by atoms with E-state index in [4.69, 9.17) is 0 Å². The Kier molecular flexibility index (Phi) is 4.48. The van der Waals surface area contributed by atoms with Crippen molar-refractivity contribution < 1.29 is 4.39 Å². The first-order chi connectivity index (χ1) is 11.0. The van der Waals surface area contributed by atoms with Crippen LogP contribution in [0.3, 0.4) is 0 Å². The molecule has 0 saturated carbocycles. The van der Waals surface area contributed by atoms with E-state index >= 15 is 0 Å². The molecular weight excluding hydrogens is 311 g/mol. The van der Waals surface area contributed by atoms with Crippen LogP contribution >= 0.6 is 11.8 Å². The average molecular weight is 328 g/mol. The summed E-state index contributed by atoms with van der Waals surface area (Å²) in [5.41, 5.74) is 1.51. The first-order valence-electron chi connectivity index (χ1n) is 7.45. The molecule has 0 bridgehead atoms. The van der Waals surface area contributed by atoms with Gasteiger partial charge < -0.3 is 0 Å². The lowest BCUT2D eigenvalue weighted by atomic mass is 10.2. The number of thioether (sulfide) groups is 1. The van der Waals surface area contributed by atoms with Crippen LogP contribution < -0.4 is 5.56 Å². The van der Waals surface area contributed by atoms with E-state index in [0.29, 0.717) is 27.9 Å². The fourth-order valence-corrected chi connectivity index (χ4v) is 3.21. The molecule has 0 radical (unpaired) electrons. The van der Waals surface area contributed by atoms with Crippen LogP contribution in [0.15, 0.2) is 58.5 Å². The number of fused-ring (bicyclic) bond motifs is 1. The number of hydrogen-bond acceptors (Lipinski definition) is 3. The maximum atomic E-state index is 13.1. The Bertz CT molecular complexity index is 888. The fraction of sp³-hybridized carbons (Fsp3) is 0.222. The number of aromatic nitrogens is 2. The molecule has 0 atom stereocenters. The zero-order valence-corrected chi connectivity index (χ0v) is 13.8. The van der Waals surface area contributed by atoms with Gasteiger partial charge in [-0.15, -0.1) is 0 Å². The Morgan fingerprint density at radius 3 is 2.52 bits per heavy atom. The Labute approximate surface area is 138 Å². The monoisotopic (exact) mass is 328 g/mol. The van der Waals surface area contributed by atoms with Crippen molar-refractivity contribution in [2.24, 2.45) is 0 Å². The van der Waals surface area contributed by atoms with Crippen LogP contribution in [-0.4, -0.2) is 14.8 Å². The van der Waals surface area contributed by atoms with Gasteiger partial charge in [-0.3, -0.25) is 9.36 Å². The molecule has 118 valence electrons. The Hall–Kier alpha value is -2.14. The van der Waals surface area contributed by atoms with Crippen LogP contribution in [0, 0.1) is 5.82 Å². The summed E-state index contributed by atoms with van der Waals surface area (Å²) in [5, 5.41) is 1.60. The predicted octanol–water partition coefficient (Wildman–Crippen LogP) is 4.08. The highest BCUT2D eigenvalue weighted by Gasteiger charge is 2.13. The molecule has 0 aliphatic heterocycles. The molecule has 3 rings (SSSR count). The highest BCUT2D eigenvalue weighted by Crippen LogP contribution is 2.22. The molecule has 0 aliphatic rings. The second-order valence-corrected chi connectivity index (χ2v) is 7.14. The zero-order chi connectivity index (χ0) is 16.4. The normalized spacial score (nSPS) is 11.3. The van der Waals surface area contributed by atoms with Gasteiger partial charge in [-0.2, -0.15) is 0 Å². The average Bonchev–Trinajstić information content (AvgIpc) is 2.52. The summed E-state index contributed by atoms with van der Waals surface area (Å²) in [6.45, 7) is 4.51.